The maximum atomic E-state index is 4.18. The highest BCUT2D eigenvalue weighted by molar-refractivity contribution is 7.12. The quantitative estimate of drug-likeness (QED) is 0.577. The Balaban J connectivity index is 1.75. The largest absolute Gasteiger partial charge is 0.279 e. The van der Waals surface area contributed by atoms with Crippen molar-refractivity contribution in [1.29, 1.82) is 0 Å². The third kappa shape index (κ3) is 2.36. The van der Waals surface area contributed by atoms with Crippen molar-refractivity contribution in [3.63, 3.8) is 0 Å². The lowest BCUT2D eigenvalue weighted by Gasteiger charge is -1.98. The fraction of sp³-hybridized carbons (Fsp3) is 0. The van der Waals surface area contributed by atoms with Crippen LogP contribution in [0.3, 0.4) is 0 Å². The third-order valence-corrected chi connectivity index (χ3v) is 3.16. The highest BCUT2D eigenvalue weighted by atomic mass is 32.1. The summed E-state index contributed by atoms with van der Waals surface area (Å²) < 4.78 is 4.99. The first-order valence-corrected chi connectivity index (χ1v) is 6.25. The summed E-state index contributed by atoms with van der Waals surface area (Å²) in [6, 6.07) is 15.8. The first-order chi connectivity index (χ1) is 8.92. The van der Waals surface area contributed by atoms with E-state index in [-0.39, 0.29) is 0 Å². The molecule has 5 heteroatoms. The van der Waals surface area contributed by atoms with Gasteiger partial charge in [-0.2, -0.15) is 5.10 Å². The van der Waals surface area contributed by atoms with Crippen molar-refractivity contribution in [3.8, 4) is 0 Å². The van der Waals surface area contributed by atoms with E-state index in [9.17, 15) is 0 Å². The van der Waals surface area contributed by atoms with E-state index in [4.69, 9.17) is 0 Å². The first-order valence-electron chi connectivity index (χ1n) is 5.48. The molecule has 0 saturated heterocycles. The Morgan fingerprint density at radius 3 is 2.89 bits per heavy atom. The van der Waals surface area contributed by atoms with Crippen LogP contribution in [0.25, 0.3) is 10.2 Å². The van der Waals surface area contributed by atoms with Crippen LogP contribution >= 0.6 is 11.5 Å². The second kappa shape index (κ2) is 4.93. The summed E-state index contributed by atoms with van der Waals surface area (Å²) in [6.45, 7) is 0. The van der Waals surface area contributed by atoms with E-state index in [0.29, 0.717) is 0 Å². The van der Waals surface area contributed by atoms with E-state index in [1.807, 2.05) is 48.5 Å². The number of fused-ring (bicyclic) bond motifs is 1. The molecule has 0 spiro atoms. The molecule has 4 nitrogen and oxygen atoms in total. The average Bonchev–Trinajstić information content (AvgIpc) is 2.87. The smallest absolute Gasteiger partial charge is 0.106 e. The minimum Gasteiger partial charge on any atom is -0.279 e. The van der Waals surface area contributed by atoms with Crippen LogP contribution in [0.1, 0.15) is 5.56 Å². The van der Waals surface area contributed by atoms with Crippen LogP contribution in [0.15, 0.2) is 53.6 Å². The number of hydrazone groups is 1. The zero-order valence-corrected chi connectivity index (χ0v) is 10.3. The van der Waals surface area contributed by atoms with Crippen molar-refractivity contribution >= 4 is 33.7 Å². The van der Waals surface area contributed by atoms with E-state index in [2.05, 4.69) is 20.1 Å². The summed E-state index contributed by atoms with van der Waals surface area (Å²) in [5.74, 6) is 0. The Morgan fingerprint density at radius 1 is 1.11 bits per heavy atom. The number of anilines is 1. The molecule has 0 unspecified atom stereocenters. The summed E-state index contributed by atoms with van der Waals surface area (Å²) in [4.78, 5) is 0. The van der Waals surface area contributed by atoms with Crippen molar-refractivity contribution in [3.05, 3.63) is 54.1 Å². The lowest BCUT2D eigenvalue weighted by Crippen LogP contribution is -1.89. The molecule has 2 aromatic carbocycles. The van der Waals surface area contributed by atoms with Gasteiger partial charge in [0, 0.05) is 0 Å². The molecule has 0 aliphatic heterocycles. The van der Waals surface area contributed by atoms with Gasteiger partial charge in [0.15, 0.2) is 0 Å². The van der Waals surface area contributed by atoms with Crippen molar-refractivity contribution in [2.75, 3.05) is 5.43 Å². The van der Waals surface area contributed by atoms with Crippen LogP contribution in [0.4, 0.5) is 5.69 Å². The van der Waals surface area contributed by atoms with E-state index in [0.717, 1.165) is 21.5 Å². The predicted octanol–water partition coefficient (Wildman–Crippen LogP) is 3.14. The van der Waals surface area contributed by atoms with E-state index < -0.39 is 0 Å². The number of rotatable bonds is 3. The molecular weight excluding hydrogens is 244 g/mol. The van der Waals surface area contributed by atoms with Gasteiger partial charge < -0.3 is 0 Å². The second-order valence-corrected chi connectivity index (χ2v) is 4.52. The number of aromatic nitrogens is 2. The van der Waals surface area contributed by atoms with Gasteiger partial charge in [-0.15, -0.1) is 5.10 Å². The Bertz CT molecular complexity index is 676. The molecule has 0 atom stereocenters. The third-order valence-electron chi connectivity index (χ3n) is 2.45. The van der Waals surface area contributed by atoms with Crippen LogP contribution in [-0.2, 0) is 0 Å². The summed E-state index contributed by atoms with van der Waals surface area (Å²) in [7, 11) is 0. The van der Waals surface area contributed by atoms with Crippen molar-refractivity contribution in [2.24, 2.45) is 5.10 Å². The Labute approximate surface area is 108 Å². The zero-order chi connectivity index (χ0) is 12.2. The van der Waals surface area contributed by atoms with Gasteiger partial charge in [-0.3, -0.25) is 5.43 Å². The minimum atomic E-state index is 0.906. The Hall–Kier alpha value is -2.27. The number of hydrogen-bond acceptors (Lipinski definition) is 5. The van der Waals surface area contributed by atoms with Crippen LogP contribution in [0.2, 0.25) is 0 Å². The number of nitrogens with one attached hydrogen (secondary N) is 1. The van der Waals surface area contributed by atoms with Crippen molar-refractivity contribution in [1.82, 2.24) is 9.59 Å². The van der Waals surface area contributed by atoms with Gasteiger partial charge in [-0.05, 0) is 41.4 Å². The average molecular weight is 254 g/mol. The molecular formula is C13H10N4S. The molecule has 1 N–H and O–H groups in total. The summed E-state index contributed by atoms with van der Waals surface area (Å²) in [6.07, 6.45) is 1.77. The minimum absolute atomic E-state index is 0.906. The van der Waals surface area contributed by atoms with Crippen LogP contribution in [-0.4, -0.2) is 15.8 Å². The molecule has 0 amide bonds. The topological polar surface area (TPSA) is 50.2 Å². The van der Waals surface area contributed by atoms with Gasteiger partial charge in [-0.1, -0.05) is 28.8 Å². The van der Waals surface area contributed by atoms with Gasteiger partial charge in [0.1, 0.15) is 5.52 Å². The van der Waals surface area contributed by atoms with Gasteiger partial charge in [-0.25, -0.2) is 0 Å². The highest BCUT2D eigenvalue weighted by Gasteiger charge is 1.97. The molecule has 0 fully saturated rings. The standard InChI is InChI=1S/C13H10N4S/c1-2-4-11(5-3-1)15-14-9-10-6-7-13-12(8-10)16-17-18-13/h1-9,15H. The normalized spacial score (nSPS) is 11.1. The molecule has 1 aromatic heterocycles. The lowest BCUT2D eigenvalue weighted by atomic mass is 10.2. The fourth-order valence-electron chi connectivity index (χ4n) is 1.57. The summed E-state index contributed by atoms with van der Waals surface area (Å²) in [5, 5.41) is 8.22. The number of nitrogens with zero attached hydrogens (tertiary/aromatic N) is 3. The van der Waals surface area contributed by atoms with E-state index in [1.165, 1.54) is 11.5 Å². The molecule has 88 valence electrons. The number of benzene rings is 2. The molecule has 18 heavy (non-hydrogen) atoms. The van der Waals surface area contributed by atoms with Crippen molar-refractivity contribution < 1.29 is 0 Å². The fourth-order valence-corrected chi connectivity index (χ4v) is 2.11. The van der Waals surface area contributed by atoms with Crippen LogP contribution in [0.5, 0.6) is 0 Å². The van der Waals surface area contributed by atoms with Crippen LogP contribution < -0.4 is 5.43 Å². The van der Waals surface area contributed by atoms with Gasteiger partial charge in [0.2, 0.25) is 0 Å². The zero-order valence-electron chi connectivity index (χ0n) is 9.45. The summed E-state index contributed by atoms with van der Waals surface area (Å²) >= 11 is 1.40. The van der Waals surface area contributed by atoms with Gasteiger partial charge >= 0.3 is 0 Å². The SMILES string of the molecule is C(=NNc1ccccc1)c1ccc2snnc2c1. The molecule has 0 aliphatic carbocycles. The van der Waals surface area contributed by atoms with Gasteiger partial charge in [0.25, 0.3) is 0 Å². The molecule has 0 radical (unpaired) electrons. The molecule has 1 heterocycles. The van der Waals surface area contributed by atoms with Gasteiger partial charge in [0.05, 0.1) is 16.6 Å². The molecule has 3 rings (SSSR count). The van der Waals surface area contributed by atoms with E-state index >= 15 is 0 Å². The van der Waals surface area contributed by atoms with Crippen LogP contribution in [0, 0.1) is 0 Å². The summed E-state index contributed by atoms with van der Waals surface area (Å²) in [5.41, 5.74) is 5.84. The number of para-hydroxylation sites is 1. The first kappa shape index (κ1) is 10.9. The molecule has 0 bridgehead atoms. The maximum Gasteiger partial charge on any atom is 0.106 e. The van der Waals surface area contributed by atoms with E-state index in [1.54, 1.807) is 6.21 Å². The predicted molar refractivity (Wildman–Crippen MR) is 75.1 cm³/mol. The second-order valence-electron chi connectivity index (χ2n) is 3.74. The molecule has 3 aromatic rings. The molecule has 0 aliphatic rings. The Morgan fingerprint density at radius 2 is 2.00 bits per heavy atom. The monoisotopic (exact) mass is 254 g/mol. The van der Waals surface area contributed by atoms with Crippen molar-refractivity contribution in [2.45, 2.75) is 0 Å². The number of hydrogen-bond donors (Lipinski definition) is 1. The Kier molecular flexibility index (Phi) is 2.97. The highest BCUT2D eigenvalue weighted by Crippen LogP contribution is 2.15. The lowest BCUT2D eigenvalue weighted by molar-refractivity contribution is 1.20. The molecule has 0 saturated carbocycles. The maximum absolute atomic E-state index is 4.18.